The monoisotopic (exact) mass is 335 g/mol. The second-order valence-corrected chi connectivity index (χ2v) is 7.06. The lowest BCUT2D eigenvalue weighted by molar-refractivity contribution is -0.139. The van der Waals surface area contributed by atoms with E-state index in [4.69, 9.17) is 21.4 Å². The second-order valence-electron chi connectivity index (χ2n) is 4.94. The maximum atomic E-state index is 12.3. The minimum absolute atomic E-state index is 0.0286. The summed E-state index contributed by atoms with van der Waals surface area (Å²) in [5.74, 6) is -1.13. The van der Waals surface area contributed by atoms with E-state index in [1.807, 2.05) is 13.8 Å². The number of benzene rings is 1. The first-order chi connectivity index (χ1) is 9.67. The van der Waals surface area contributed by atoms with E-state index >= 15 is 0 Å². The fraction of sp³-hybridized carbons (Fsp3) is 0.462. The number of sulfonamides is 1. The van der Waals surface area contributed by atoms with Crippen LogP contribution in [0, 0.1) is 5.92 Å². The summed E-state index contributed by atoms with van der Waals surface area (Å²) in [5, 5.41) is 9.45. The highest BCUT2D eigenvalue weighted by atomic mass is 35.5. The van der Waals surface area contributed by atoms with Crippen molar-refractivity contribution >= 4 is 27.6 Å². The molecule has 0 aliphatic rings. The van der Waals surface area contributed by atoms with Gasteiger partial charge >= 0.3 is 5.97 Å². The van der Waals surface area contributed by atoms with Crippen molar-refractivity contribution in [3.05, 3.63) is 23.2 Å². The number of rotatable bonds is 7. The molecule has 0 radical (unpaired) electrons. The van der Waals surface area contributed by atoms with E-state index in [1.54, 1.807) is 0 Å². The van der Waals surface area contributed by atoms with Crippen molar-refractivity contribution < 1.29 is 23.1 Å². The molecule has 1 rings (SSSR count). The van der Waals surface area contributed by atoms with Crippen molar-refractivity contribution in [3.8, 4) is 5.75 Å². The Labute approximate surface area is 129 Å². The van der Waals surface area contributed by atoms with Crippen LogP contribution in [0.15, 0.2) is 23.1 Å². The predicted molar refractivity (Wildman–Crippen MR) is 79.2 cm³/mol. The number of methoxy groups -OCH3 is 1. The van der Waals surface area contributed by atoms with Gasteiger partial charge in [0.1, 0.15) is 16.7 Å². The first-order valence-electron chi connectivity index (χ1n) is 6.26. The van der Waals surface area contributed by atoms with Crippen LogP contribution < -0.4 is 9.46 Å². The van der Waals surface area contributed by atoms with E-state index in [0.717, 1.165) is 0 Å². The molecule has 0 fully saturated rings. The third kappa shape index (κ3) is 4.87. The molecule has 0 heterocycles. The number of hydrogen-bond donors (Lipinski definition) is 2. The second kappa shape index (κ2) is 7.11. The van der Waals surface area contributed by atoms with Gasteiger partial charge in [0.15, 0.2) is 0 Å². The Morgan fingerprint density at radius 2 is 2.05 bits per heavy atom. The molecule has 0 amide bonds. The number of ether oxygens (including phenoxy) is 1. The quantitative estimate of drug-likeness (QED) is 0.796. The highest BCUT2D eigenvalue weighted by Gasteiger charge is 2.28. The van der Waals surface area contributed by atoms with E-state index in [2.05, 4.69) is 4.72 Å². The van der Waals surface area contributed by atoms with Gasteiger partial charge in [-0.25, -0.2) is 8.42 Å². The molecule has 1 unspecified atom stereocenters. The van der Waals surface area contributed by atoms with E-state index in [0.29, 0.717) is 5.02 Å². The Bertz CT molecular complexity index is 615. The molecule has 0 aromatic heterocycles. The molecule has 21 heavy (non-hydrogen) atoms. The van der Waals surface area contributed by atoms with Crippen molar-refractivity contribution in [1.82, 2.24) is 4.72 Å². The van der Waals surface area contributed by atoms with Gasteiger partial charge in [-0.3, -0.25) is 4.79 Å². The van der Waals surface area contributed by atoms with Crippen LogP contribution in [0.5, 0.6) is 5.75 Å². The van der Waals surface area contributed by atoms with Crippen molar-refractivity contribution in [2.24, 2.45) is 5.92 Å². The number of aliphatic carboxylic acids is 1. The van der Waals surface area contributed by atoms with Crippen LogP contribution in [-0.4, -0.2) is 32.6 Å². The molecule has 118 valence electrons. The molecule has 0 bridgehead atoms. The molecule has 0 aliphatic carbocycles. The van der Waals surface area contributed by atoms with Crippen LogP contribution in [0.4, 0.5) is 0 Å². The van der Waals surface area contributed by atoms with Crippen LogP contribution >= 0.6 is 11.6 Å². The van der Waals surface area contributed by atoms with Gasteiger partial charge in [-0.15, -0.1) is 0 Å². The van der Waals surface area contributed by atoms with Crippen LogP contribution in [0.3, 0.4) is 0 Å². The minimum atomic E-state index is -4.02. The lowest BCUT2D eigenvalue weighted by Crippen LogP contribution is -2.41. The number of halogens is 1. The molecule has 1 atom stereocenters. The molecule has 1 aromatic rings. The molecule has 2 N–H and O–H groups in total. The van der Waals surface area contributed by atoms with E-state index in [1.165, 1.54) is 25.3 Å². The van der Waals surface area contributed by atoms with Gasteiger partial charge < -0.3 is 9.84 Å². The summed E-state index contributed by atoms with van der Waals surface area (Å²) in [5.41, 5.74) is 0. The van der Waals surface area contributed by atoms with Gasteiger partial charge in [-0.2, -0.15) is 4.72 Å². The number of hydrogen-bond acceptors (Lipinski definition) is 4. The molecule has 6 nitrogen and oxygen atoms in total. The highest BCUT2D eigenvalue weighted by Crippen LogP contribution is 2.27. The summed E-state index contributed by atoms with van der Waals surface area (Å²) in [6.07, 6.45) is 0.185. The molecule has 8 heteroatoms. The highest BCUT2D eigenvalue weighted by molar-refractivity contribution is 7.89. The lowest BCUT2D eigenvalue weighted by atomic mass is 10.1. The SMILES string of the molecule is COc1cc(Cl)ccc1S(=O)(=O)NC(CC(C)C)C(=O)O. The van der Waals surface area contributed by atoms with E-state index in [-0.39, 0.29) is 23.0 Å². The maximum Gasteiger partial charge on any atom is 0.321 e. The Morgan fingerprint density at radius 1 is 1.43 bits per heavy atom. The molecule has 0 spiro atoms. The van der Waals surface area contributed by atoms with Crippen molar-refractivity contribution in [2.45, 2.75) is 31.2 Å². The van der Waals surface area contributed by atoms with Crippen molar-refractivity contribution in [2.75, 3.05) is 7.11 Å². The fourth-order valence-electron chi connectivity index (χ4n) is 1.78. The smallest absolute Gasteiger partial charge is 0.321 e. The minimum Gasteiger partial charge on any atom is -0.495 e. The van der Waals surface area contributed by atoms with Gasteiger partial charge in [0.2, 0.25) is 10.0 Å². The molecule has 0 aliphatic heterocycles. The molecule has 1 aromatic carbocycles. The average Bonchev–Trinajstić information content (AvgIpc) is 2.36. The predicted octanol–water partition coefficient (Wildman–Crippen LogP) is 2.13. The third-order valence-electron chi connectivity index (χ3n) is 2.72. The van der Waals surface area contributed by atoms with Crippen LogP contribution in [0.1, 0.15) is 20.3 Å². The first-order valence-corrected chi connectivity index (χ1v) is 8.12. The maximum absolute atomic E-state index is 12.3. The summed E-state index contributed by atoms with van der Waals surface area (Å²) in [7, 11) is -2.71. The Balaban J connectivity index is 3.13. The van der Waals surface area contributed by atoms with Crippen LogP contribution in [0.2, 0.25) is 5.02 Å². The van der Waals surface area contributed by atoms with E-state index < -0.39 is 22.0 Å². The van der Waals surface area contributed by atoms with Gasteiger partial charge in [0.05, 0.1) is 7.11 Å². The largest absolute Gasteiger partial charge is 0.495 e. The lowest BCUT2D eigenvalue weighted by Gasteiger charge is -2.17. The van der Waals surface area contributed by atoms with E-state index in [9.17, 15) is 13.2 Å². The fourth-order valence-corrected chi connectivity index (χ4v) is 3.30. The summed E-state index contributed by atoms with van der Waals surface area (Å²) in [6, 6.07) is 2.83. The molecular formula is C13H18ClNO5S. The zero-order chi connectivity index (χ0) is 16.2. The summed E-state index contributed by atoms with van der Waals surface area (Å²) in [6.45, 7) is 3.63. The Kier molecular flexibility index (Phi) is 6.00. The summed E-state index contributed by atoms with van der Waals surface area (Å²) < 4.78 is 31.8. The zero-order valence-electron chi connectivity index (χ0n) is 12.0. The topological polar surface area (TPSA) is 92.7 Å². The normalized spacial score (nSPS) is 13.2. The molecule has 0 saturated carbocycles. The first kappa shape index (κ1) is 17.7. The molecule has 0 saturated heterocycles. The van der Waals surface area contributed by atoms with Crippen LogP contribution in [-0.2, 0) is 14.8 Å². The van der Waals surface area contributed by atoms with Crippen molar-refractivity contribution in [1.29, 1.82) is 0 Å². The van der Waals surface area contributed by atoms with Gasteiger partial charge in [-0.05, 0) is 24.5 Å². The Morgan fingerprint density at radius 3 is 2.52 bits per heavy atom. The van der Waals surface area contributed by atoms with Gasteiger partial charge in [0, 0.05) is 11.1 Å². The standard InChI is InChI=1S/C13H18ClNO5S/c1-8(2)6-10(13(16)17)15-21(18,19)12-5-4-9(14)7-11(12)20-3/h4-5,7-8,10,15H,6H2,1-3H3,(H,16,17). The average molecular weight is 336 g/mol. The number of carboxylic acids is 1. The number of carbonyl (C=O) groups is 1. The number of carboxylic acid groups (broad SMARTS) is 1. The number of nitrogens with one attached hydrogen (secondary N) is 1. The van der Waals surface area contributed by atoms with Gasteiger partial charge in [0.25, 0.3) is 0 Å². The Hall–Kier alpha value is -1.31. The van der Waals surface area contributed by atoms with Crippen molar-refractivity contribution in [3.63, 3.8) is 0 Å². The zero-order valence-corrected chi connectivity index (χ0v) is 13.5. The van der Waals surface area contributed by atoms with Crippen LogP contribution in [0.25, 0.3) is 0 Å². The van der Waals surface area contributed by atoms with Gasteiger partial charge in [-0.1, -0.05) is 25.4 Å². The molecular weight excluding hydrogens is 318 g/mol. The summed E-state index contributed by atoms with van der Waals surface area (Å²) in [4.78, 5) is 11.0. The third-order valence-corrected chi connectivity index (χ3v) is 4.46. The summed E-state index contributed by atoms with van der Waals surface area (Å²) >= 11 is 5.78.